The van der Waals surface area contributed by atoms with E-state index in [2.05, 4.69) is 5.32 Å². The van der Waals surface area contributed by atoms with E-state index in [0.29, 0.717) is 23.7 Å². The first-order valence-electron chi connectivity index (χ1n) is 12.5. The van der Waals surface area contributed by atoms with E-state index in [1.807, 2.05) is 58.0 Å². The molecule has 3 aromatic rings. The molecule has 1 atom stereocenters. The molecule has 0 aliphatic rings. The monoisotopic (exact) mass is 555 g/mol. The fraction of sp³-hybridized carbons (Fsp3) is 0.310. The summed E-state index contributed by atoms with van der Waals surface area (Å²) in [5, 5.41) is 3.21. The molecule has 1 unspecified atom stereocenters. The molecule has 2 amide bonds. The standard InChI is InChI=1S/C29H34ClN3O4S/c1-5-27(29(35)31-6-2)32(19-23-11-7-9-21(3)17-23)28(34)20-33(25-12-8-10-22(4)18-25)38(36,37)26-15-13-24(30)14-16-26/h7-18,27H,5-6,19-20H2,1-4H3,(H,31,35). The molecule has 1 N–H and O–H groups in total. The summed E-state index contributed by atoms with van der Waals surface area (Å²) in [6.07, 6.45) is 0.373. The number of amides is 2. The Balaban J connectivity index is 2.06. The highest BCUT2D eigenvalue weighted by atomic mass is 35.5. The molecule has 0 radical (unpaired) electrons. The third kappa shape index (κ3) is 7.14. The lowest BCUT2D eigenvalue weighted by atomic mass is 10.1. The topological polar surface area (TPSA) is 86.8 Å². The van der Waals surface area contributed by atoms with Gasteiger partial charge in [-0.15, -0.1) is 0 Å². The quantitative estimate of drug-likeness (QED) is 0.357. The largest absolute Gasteiger partial charge is 0.355 e. The maximum atomic E-state index is 14.0. The lowest BCUT2D eigenvalue weighted by Gasteiger charge is -2.33. The van der Waals surface area contributed by atoms with Gasteiger partial charge in [-0.05, 0) is 74.7 Å². The number of carbonyl (C=O) groups excluding carboxylic acids is 2. The Labute approximate surface area is 230 Å². The van der Waals surface area contributed by atoms with Crippen LogP contribution in [0.4, 0.5) is 5.69 Å². The number of aryl methyl sites for hydroxylation is 2. The summed E-state index contributed by atoms with van der Waals surface area (Å²) >= 11 is 5.99. The van der Waals surface area contributed by atoms with Gasteiger partial charge in [0.25, 0.3) is 10.0 Å². The van der Waals surface area contributed by atoms with Crippen molar-refractivity contribution < 1.29 is 18.0 Å². The predicted octanol–water partition coefficient (Wildman–Crippen LogP) is 5.10. The van der Waals surface area contributed by atoms with Crippen molar-refractivity contribution in [2.24, 2.45) is 0 Å². The van der Waals surface area contributed by atoms with Crippen LogP contribution in [0.5, 0.6) is 0 Å². The average molecular weight is 556 g/mol. The van der Waals surface area contributed by atoms with Crippen molar-refractivity contribution in [1.82, 2.24) is 10.2 Å². The molecular formula is C29H34ClN3O4S. The number of rotatable bonds is 11. The number of nitrogens with one attached hydrogen (secondary N) is 1. The highest BCUT2D eigenvalue weighted by Gasteiger charge is 2.33. The van der Waals surface area contributed by atoms with Crippen LogP contribution < -0.4 is 9.62 Å². The molecule has 7 nitrogen and oxygen atoms in total. The minimum absolute atomic E-state index is 0.0113. The molecule has 0 saturated heterocycles. The molecule has 0 aliphatic carbocycles. The number of anilines is 1. The molecule has 3 aromatic carbocycles. The molecule has 0 aliphatic heterocycles. The van der Waals surface area contributed by atoms with E-state index in [9.17, 15) is 18.0 Å². The van der Waals surface area contributed by atoms with Gasteiger partial charge in [-0.25, -0.2) is 8.42 Å². The molecule has 3 rings (SSSR count). The number of nitrogens with zero attached hydrogens (tertiary/aromatic N) is 2. The van der Waals surface area contributed by atoms with E-state index in [1.165, 1.54) is 29.2 Å². The van der Waals surface area contributed by atoms with E-state index >= 15 is 0 Å². The van der Waals surface area contributed by atoms with Crippen molar-refractivity contribution in [2.75, 3.05) is 17.4 Å². The molecule has 202 valence electrons. The van der Waals surface area contributed by atoms with Crippen molar-refractivity contribution in [3.63, 3.8) is 0 Å². The Hall–Kier alpha value is -3.36. The number of carbonyl (C=O) groups is 2. The Bertz CT molecular complexity index is 1380. The number of hydrogen-bond acceptors (Lipinski definition) is 4. The van der Waals surface area contributed by atoms with E-state index in [4.69, 9.17) is 11.6 Å². The maximum Gasteiger partial charge on any atom is 0.264 e. The van der Waals surface area contributed by atoms with E-state index in [1.54, 1.807) is 18.2 Å². The summed E-state index contributed by atoms with van der Waals surface area (Å²) in [6, 6.07) is 19.7. The Morgan fingerprint density at radius 2 is 1.55 bits per heavy atom. The molecule has 0 fully saturated rings. The minimum atomic E-state index is -4.13. The maximum absolute atomic E-state index is 14.0. The van der Waals surface area contributed by atoms with Crippen LogP contribution in [-0.4, -0.2) is 44.3 Å². The summed E-state index contributed by atoms with van der Waals surface area (Å²) in [7, 11) is -4.13. The molecular weight excluding hydrogens is 522 g/mol. The predicted molar refractivity (Wildman–Crippen MR) is 152 cm³/mol. The third-order valence-corrected chi connectivity index (χ3v) is 8.18. The number of sulfonamides is 1. The molecule has 0 spiro atoms. The van der Waals surface area contributed by atoms with Crippen LogP contribution in [0.15, 0.2) is 77.7 Å². The Kier molecular flexibility index (Phi) is 9.94. The van der Waals surface area contributed by atoms with E-state index in [-0.39, 0.29) is 17.3 Å². The molecule has 0 heterocycles. The lowest BCUT2D eigenvalue weighted by Crippen LogP contribution is -2.52. The summed E-state index contributed by atoms with van der Waals surface area (Å²) in [5.41, 5.74) is 3.07. The van der Waals surface area contributed by atoms with Gasteiger partial charge in [-0.3, -0.25) is 13.9 Å². The fourth-order valence-electron chi connectivity index (χ4n) is 4.26. The van der Waals surface area contributed by atoms with Gasteiger partial charge in [0.15, 0.2) is 0 Å². The zero-order chi connectivity index (χ0) is 27.9. The third-order valence-electron chi connectivity index (χ3n) is 6.14. The van der Waals surface area contributed by atoms with Gasteiger partial charge < -0.3 is 10.2 Å². The van der Waals surface area contributed by atoms with Gasteiger partial charge in [0.1, 0.15) is 12.6 Å². The van der Waals surface area contributed by atoms with Crippen molar-refractivity contribution in [2.45, 2.75) is 51.6 Å². The zero-order valence-electron chi connectivity index (χ0n) is 22.1. The number of hydrogen-bond donors (Lipinski definition) is 1. The molecule has 38 heavy (non-hydrogen) atoms. The summed E-state index contributed by atoms with van der Waals surface area (Å²) in [4.78, 5) is 28.4. The smallest absolute Gasteiger partial charge is 0.264 e. The van der Waals surface area contributed by atoms with Gasteiger partial charge in [-0.2, -0.15) is 0 Å². The Morgan fingerprint density at radius 1 is 0.921 bits per heavy atom. The second-order valence-corrected chi connectivity index (χ2v) is 11.4. The first-order chi connectivity index (χ1) is 18.1. The normalized spacial score (nSPS) is 12.0. The van der Waals surface area contributed by atoms with Crippen LogP contribution in [0, 0.1) is 13.8 Å². The van der Waals surface area contributed by atoms with Gasteiger partial charge in [0, 0.05) is 18.1 Å². The van der Waals surface area contributed by atoms with E-state index < -0.39 is 28.5 Å². The highest BCUT2D eigenvalue weighted by molar-refractivity contribution is 7.92. The second kappa shape index (κ2) is 12.9. The van der Waals surface area contributed by atoms with Crippen molar-refractivity contribution in [3.05, 3.63) is 94.5 Å². The number of halogens is 1. The average Bonchev–Trinajstić information content (AvgIpc) is 2.87. The summed E-state index contributed by atoms with van der Waals surface area (Å²) in [6.45, 7) is 7.56. The first-order valence-corrected chi connectivity index (χ1v) is 14.4. The van der Waals surface area contributed by atoms with Crippen LogP contribution >= 0.6 is 11.6 Å². The first kappa shape index (κ1) is 29.2. The van der Waals surface area contributed by atoms with Gasteiger partial charge in [-0.1, -0.05) is 60.5 Å². The molecule has 0 aromatic heterocycles. The molecule has 0 bridgehead atoms. The van der Waals surface area contributed by atoms with Crippen molar-refractivity contribution in [3.8, 4) is 0 Å². The van der Waals surface area contributed by atoms with Crippen LogP contribution in [0.1, 0.15) is 37.0 Å². The van der Waals surface area contributed by atoms with E-state index in [0.717, 1.165) is 21.0 Å². The van der Waals surface area contributed by atoms with Crippen molar-refractivity contribution >= 4 is 39.1 Å². The van der Waals surface area contributed by atoms with Crippen LogP contribution in [0.2, 0.25) is 5.02 Å². The Morgan fingerprint density at radius 3 is 2.13 bits per heavy atom. The van der Waals surface area contributed by atoms with Gasteiger partial charge in [0.05, 0.1) is 10.6 Å². The van der Waals surface area contributed by atoms with Crippen LogP contribution in [0.25, 0.3) is 0 Å². The van der Waals surface area contributed by atoms with Gasteiger partial charge in [0.2, 0.25) is 11.8 Å². The number of likely N-dealkylation sites (N-methyl/N-ethyl adjacent to an activating group) is 1. The van der Waals surface area contributed by atoms with Crippen LogP contribution in [0.3, 0.4) is 0 Å². The summed E-state index contributed by atoms with van der Waals surface area (Å²) in [5.74, 6) is -0.762. The summed E-state index contributed by atoms with van der Waals surface area (Å²) < 4.78 is 28.7. The SMILES string of the molecule is CCNC(=O)C(CC)N(Cc1cccc(C)c1)C(=O)CN(c1cccc(C)c1)S(=O)(=O)c1ccc(Cl)cc1. The second-order valence-electron chi connectivity index (χ2n) is 9.13. The molecule has 0 saturated carbocycles. The molecule has 9 heteroatoms. The zero-order valence-corrected chi connectivity index (χ0v) is 23.7. The minimum Gasteiger partial charge on any atom is -0.355 e. The number of benzene rings is 3. The fourth-order valence-corrected chi connectivity index (χ4v) is 5.80. The van der Waals surface area contributed by atoms with Crippen LogP contribution in [-0.2, 0) is 26.2 Å². The van der Waals surface area contributed by atoms with Crippen molar-refractivity contribution in [1.29, 1.82) is 0 Å². The van der Waals surface area contributed by atoms with Gasteiger partial charge >= 0.3 is 0 Å². The highest BCUT2D eigenvalue weighted by Crippen LogP contribution is 2.26. The lowest BCUT2D eigenvalue weighted by molar-refractivity contribution is -0.140.